The lowest BCUT2D eigenvalue weighted by molar-refractivity contribution is -0.123. The minimum absolute atomic E-state index is 0.0175. The number of nitrogens with zero attached hydrogens (tertiary/aromatic N) is 3. The van der Waals surface area contributed by atoms with Crippen molar-refractivity contribution in [1.29, 1.82) is 0 Å². The highest BCUT2D eigenvalue weighted by molar-refractivity contribution is 5.96. The van der Waals surface area contributed by atoms with Crippen LogP contribution >= 0.6 is 0 Å². The lowest BCUT2D eigenvalue weighted by Crippen LogP contribution is -2.35. The molecule has 0 saturated carbocycles. The molecule has 1 aliphatic rings. The molecule has 3 heterocycles. The third kappa shape index (κ3) is 2.30. The van der Waals surface area contributed by atoms with Gasteiger partial charge in [-0.3, -0.25) is 4.79 Å². The SMILES string of the molecule is CC1(C(=O)Nc2cccnc2-n2cccn2)CCNC1. The molecule has 2 N–H and O–H groups in total. The second-order valence-corrected chi connectivity index (χ2v) is 5.27. The van der Waals surface area contributed by atoms with Gasteiger partial charge in [0, 0.05) is 25.1 Å². The van der Waals surface area contributed by atoms with Gasteiger partial charge in [-0.15, -0.1) is 0 Å². The van der Waals surface area contributed by atoms with E-state index in [-0.39, 0.29) is 11.3 Å². The van der Waals surface area contributed by atoms with Gasteiger partial charge in [0.15, 0.2) is 5.82 Å². The Kier molecular flexibility index (Phi) is 3.23. The molecule has 1 amide bonds. The average Bonchev–Trinajstić information content (AvgIpc) is 3.11. The molecule has 1 atom stereocenters. The van der Waals surface area contributed by atoms with Crippen molar-refractivity contribution in [3.05, 3.63) is 36.8 Å². The van der Waals surface area contributed by atoms with Crippen LogP contribution in [0.3, 0.4) is 0 Å². The number of hydrogen-bond acceptors (Lipinski definition) is 4. The number of aromatic nitrogens is 3. The van der Waals surface area contributed by atoms with Crippen molar-refractivity contribution in [3.8, 4) is 5.82 Å². The number of rotatable bonds is 3. The van der Waals surface area contributed by atoms with E-state index in [0.29, 0.717) is 18.1 Å². The second-order valence-electron chi connectivity index (χ2n) is 5.27. The van der Waals surface area contributed by atoms with Crippen LogP contribution in [0.1, 0.15) is 13.3 Å². The first-order valence-corrected chi connectivity index (χ1v) is 6.66. The monoisotopic (exact) mass is 271 g/mol. The standard InChI is InChI=1S/C14H17N5O/c1-14(5-8-15-10-14)13(20)18-11-4-2-6-16-12(11)19-9-3-7-17-19/h2-4,6-7,9,15H,5,8,10H2,1H3,(H,18,20). The van der Waals surface area contributed by atoms with Crippen molar-refractivity contribution in [1.82, 2.24) is 20.1 Å². The maximum absolute atomic E-state index is 12.4. The zero-order valence-corrected chi connectivity index (χ0v) is 11.3. The van der Waals surface area contributed by atoms with Crippen molar-refractivity contribution >= 4 is 11.6 Å². The first-order chi connectivity index (χ1) is 9.69. The number of pyridine rings is 1. The highest BCUT2D eigenvalue weighted by Crippen LogP contribution is 2.27. The van der Waals surface area contributed by atoms with Gasteiger partial charge in [-0.05, 0) is 38.1 Å². The van der Waals surface area contributed by atoms with E-state index < -0.39 is 0 Å². The largest absolute Gasteiger partial charge is 0.322 e. The van der Waals surface area contributed by atoms with Gasteiger partial charge in [0.1, 0.15) is 0 Å². The summed E-state index contributed by atoms with van der Waals surface area (Å²) >= 11 is 0. The molecule has 2 aromatic heterocycles. The lowest BCUT2D eigenvalue weighted by atomic mass is 9.89. The van der Waals surface area contributed by atoms with Gasteiger partial charge in [0.2, 0.25) is 5.91 Å². The van der Waals surface area contributed by atoms with Gasteiger partial charge in [0.25, 0.3) is 0 Å². The Bertz CT molecular complexity index is 602. The van der Waals surface area contributed by atoms with Crippen LogP contribution in [-0.2, 0) is 4.79 Å². The molecule has 1 aliphatic heterocycles. The third-order valence-corrected chi connectivity index (χ3v) is 3.67. The van der Waals surface area contributed by atoms with Gasteiger partial charge in [-0.2, -0.15) is 5.10 Å². The van der Waals surface area contributed by atoms with E-state index >= 15 is 0 Å². The fourth-order valence-electron chi connectivity index (χ4n) is 2.36. The first kappa shape index (κ1) is 12.8. The molecule has 0 aromatic carbocycles. The molecule has 0 radical (unpaired) electrons. The Morgan fingerprint density at radius 2 is 2.35 bits per heavy atom. The Hall–Kier alpha value is -2.21. The van der Waals surface area contributed by atoms with E-state index in [1.165, 1.54) is 0 Å². The minimum Gasteiger partial charge on any atom is -0.322 e. The van der Waals surface area contributed by atoms with Gasteiger partial charge in [-0.25, -0.2) is 9.67 Å². The van der Waals surface area contributed by atoms with Crippen LogP contribution in [-0.4, -0.2) is 33.8 Å². The molecule has 20 heavy (non-hydrogen) atoms. The number of nitrogens with one attached hydrogen (secondary N) is 2. The number of amides is 1. The zero-order valence-electron chi connectivity index (χ0n) is 11.3. The second kappa shape index (κ2) is 5.05. The summed E-state index contributed by atoms with van der Waals surface area (Å²) in [6.07, 6.45) is 6.01. The molecule has 6 nitrogen and oxygen atoms in total. The molecule has 3 rings (SSSR count). The molecule has 6 heteroatoms. The average molecular weight is 271 g/mol. The van der Waals surface area contributed by atoms with Crippen molar-refractivity contribution < 1.29 is 4.79 Å². The van der Waals surface area contributed by atoms with Gasteiger partial charge in [0.05, 0.1) is 11.1 Å². The normalized spacial score (nSPS) is 21.9. The van der Waals surface area contributed by atoms with Crippen molar-refractivity contribution in [3.63, 3.8) is 0 Å². The summed E-state index contributed by atoms with van der Waals surface area (Å²) < 4.78 is 1.64. The van der Waals surface area contributed by atoms with Crippen molar-refractivity contribution in [2.75, 3.05) is 18.4 Å². The number of carbonyl (C=O) groups is 1. The molecule has 1 unspecified atom stereocenters. The predicted molar refractivity (Wildman–Crippen MR) is 75.6 cm³/mol. The van der Waals surface area contributed by atoms with Crippen LogP contribution in [0.2, 0.25) is 0 Å². The number of hydrogen-bond donors (Lipinski definition) is 2. The van der Waals surface area contributed by atoms with Crippen LogP contribution in [0.5, 0.6) is 0 Å². The number of anilines is 1. The maximum Gasteiger partial charge on any atom is 0.231 e. The summed E-state index contributed by atoms with van der Waals surface area (Å²) in [5, 5.41) is 10.4. The Morgan fingerprint density at radius 3 is 3.05 bits per heavy atom. The third-order valence-electron chi connectivity index (χ3n) is 3.67. The first-order valence-electron chi connectivity index (χ1n) is 6.66. The zero-order chi connectivity index (χ0) is 14.0. The predicted octanol–water partition coefficient (Wildman–Crippen LogP) is 1.21. The summed E-state index contributed by atoms with van der Waals surface area (Å²) in [5.74, 6) is 0.643. The molecular formula is C14H17N5O. The van der Waals surface area contributed by atoms with Gasteiger partial charge in [-0.1, -0.05) is 0 Å². The molecule has 0 bridgehead atoms. The van der Waals surface area contributed by atoms with E-state index in [4.69, 9.17) is 0 Å². The van der Waals surface area contributed by atoms with E-state index in [0.717, 1.165) is 13.0 Å². The van der Waals surface area contributed by atoms with Crippen LogP contribution in [0, 0.1) is 5.41 Å². The van der Waals surface area contributed by atoms with Gasteiger partial charge >= 0.3 is 0 Å². The topological polar surface area (TPSA) is 71.8 Å². The highest BCUT2D eigenvalue weighted by Gasteiger charge is 2.36. The highest BCUT2D eigenvalue weighted by atomic mass is 16.2. The minimum atomic E-state index is -0.364. The molecule has 1 saturated heterocycles. The Balaban J connectivity index is 1.86. The van der Waals surface area contributed by atoms with Crippen molar-refractivity contribution in [2.24, 2.45) is 5.41 Å². The fraction of sp³-hybridized carbons (Fsp3) is 0.357. The Labute approximate surface area is 117 Å². The summed E-state index contributed by atoms with van der Waals surface area (Å²) in [6.45, 7) is 3.56. The quantitative estimate of drug-likeness (QED) is 0.880. The summed E-state index contributed by atoms with van der Waals surface area (Å²) in [5.41, 5.74) is 0.311. The summed E-state index contributed by atoms with van der Waals surface area (Å²) in [4.78, 5) is 16.7. The summed E-state index contributed by atoms with van der Waals surface area (Å²) in [7, 11) is 0. The Morgan fingerprint density at radius 1 is 1.45 bits per heavy atom. The van der Waals surface area contributed by atoms with Crippen LogP contribution in [0.25, 0.3) is 5.82 Å². The van der Waals surface area contributed by atoms with Crippen LogP contribution < -0.4 is 10.6 Å². The van der Waals surface area contributed by atoms with E-state index in [1.54, 1.807) is 29.3 Å². The number of carbonyl (C=O) groups excluding carboxylic acids is 1. The lowest BCUT2D eigenvalue weighted by Gasteiger charge is -2.22. The molecule has 0 spiro atoms. The van der Waals surface area contributed by atoms with E-state index in [2.05, 4.69) is 20.7 Å². The van der Waals surface area contributed by atoms with Crippen LogP contribution in [0.4, 0.5) is 5.69 Å². The van der Waals surface area contributed by atoms with E-state index in [9.17, 15) is 4.79 Å². The molecule has 0 aliphatic carbocycles. The van der Waals surface area contributed by atoms with Crippen molar-refractivity contribution in [2.45, 2.75) is 13.3 Å². The maximum atomic E-state index is 12.4. The fourth-order valence-corrected chi connectivity index (χ4v) is 2.36. The van der Waals surface area contributed by atoms with Gasteiger partial charge < -0.3 is 10.6 Å². The molecule has 2 aromatic rings. The van der Waals surface area contributed by atoms with E-state index in [1.807, 2.05) is 19.1 Å². The molecule has 104 valence electrons. The van der Waals surface area contributed by atoms with Crippen LogP contribution in [0.15, 0.2) is 36.8 Å². The smallest absolute Gasteiger partial charge is 0.231 e. The molecular weight excluding hydrogens is 254 g/mol. The molecule has 1 fully saturated rings. The summed E-state index contributed by atoms with van der Waals surface area (Å²) in [6, 6.07) is 5.47.